The molecule has 0 unspecified atom stereocenters. The summed E-state index contributed by atoms with van der Waals surface area (Å²) in [4.78, 5) is 3.53. The fourth-order valence-electron chi connectivity index (χ4n) is 0.709. The molecule has 2 nitrogen and oxygen atoms in total. The minimum Gasteiger partial charge on any atom is -0.313 e. The Morgan fingerprint density at radius 2 is 2.08 bits per heavy atom. The number of halogens is 4. The Kier molecular flexibility index (Phi) is 2.76. The fourth-order valence-corrected chi connectivity index (χ4v) is 1.14. The maximum absolute atomic E-state index is 12.2. The molecule has 0 fully saturated rings. The Morgan fingerprint density at radius 3 is 2.50 bits per heavy atom. The van der Waals surface area contributed by atoms with Gasteiger partial charge in [-0.3, -0.25) is 0 Å². The van der Waals surface area contributed by atoms with Gasteiger partial charge in [0.1, 0.15) is 5.82 Å². The largest absolute Gasteiger partial charge is 0.419 e. The number of pyridine rings is 1. The van der Waals surface area contributed by atoms with E-state index in [9.17, 15) is 13.2 Å². The van der Waals surface area contributed by atoms with Crippen LogP contribution in [-0.4, -0.2) is 4.98 Å². The predicted molar refractivity (Wildman–Crippen MR) is 46.9 cm³/mol. The van der Waals surface area contributed by atoms with Crippen LogP contribution in [0, 0.1) is 0 Å². The quantitative estimate of drug-likeness (QED) is 0.635. The third-order valence-electron chi connectivity index (χ3n) is 1.20. The molecule has 0 aliphatic carbocycles. The molecule has 1 heterocycles. The highest BCUT2D eigenvalue weighted by Gasteiger charge is 2.33. The van der Waals surface area contributed by atoms with Gasteiger partial charge >= 0.3 is 6.18 Å². The van der Waals surface area contributed by atoms with Gasteiger partial charge in [0.15, 0.2) is 0 Å². The van der Waals surface area contributed by atoms with Crippen LogP contribution in [0.1, 0.15) is 5.56 Å². The van der Waals surface area contributed by atoms with Crippen molar-refractivity contribution in [3.8, 4) is 0 Å². The molecule has 6 heteroatoms. The van der Waals surface area contributed by atoms with Crippen LogP contribution in [0.15, 0.2) is 18.3 Å². The van der Waals surface area contributed by atoms with E-state index in [0.717, 1.165) is 6.07 Å². The molecule has 0 saturated carbocycles. The van der Waals surface area contributed by atoms with Crippen LogP contribution in [0.25, 0.3) is 0 Å². The zero-order chi connectivity index (χ0) is 9.19. The van der Waals surface area contributed by atoms with E-state index >= 15 is 0 Å². The maximum Gasteiger partial charge on any atom is 0.419 e. The van der Waals surface area contributed by atoms with Gasteiger partial charge in [-0.15, -0.1) is 0 Å². The van der Waals surface area contributed by atoms with Gasteiger partial charge in [-0.2, -0.15) is 13.2 Å². The van der Waals surface area contributed by atoms with Crippen LogP contribution in [-0.2, 0) is 6.18 Å². The molecule has 0 aromatic carbocycles. The molecule has 0 radical (unpaired) electrons. The first kappa shape index (κ1) is 9.56. The lowest BCUT2D eigenvalue weighted by molar-refractivity contribution is -0.137. The number of rotatable bonds is 1. The van der Waals surface area contributed by atoms with Crippen LogP contribution in [0.2, 0.25) is 0 Å². The summed E-state index contributed by atoms with van der Waals surface area (Å²) in [6.07, 6.45) is -3.04. The second kappa shape index (κ2) is 3.46. The molecule has 1 aromatic heterocycles. The van der Waals surface area contributed by atoms with E-state index in [1.54, 1.807) is 22.9 Å². The Morgan fingerprint density at radius 1 is 1.42 bits per heavy atom. The lowest BCUT2D eigenvalue weighted by Crippen LogP contribution is -2.08. The Bertz CT molecular complexity index is 274. The summed E-state index contributed by atoms with van der Waals surface area (Å²) < 4.78 is 38.8. The highest BCUT2D eigenvalue weighted by molar-refractivity contribution is 14.1. The molecule has 1 N–H and O–H groups in total. The molecule has 0 aliphatic rings. The van der Waals surface area contributed by atoms with Gasteiger partial charge in [-0.25, -0.2) is 4.98 Å². The second-order valence-electron chi connectivity index (χ2n) is 1.99. The zero-order valence-electron chi connectivity index (χ0n) is 5.69. The standard InChI is InChI=1S/C6H4F3IN2/c7-6(8,9)4-2-1-3-11-5(4)12-10/h1-3H,(H,11,12). The van der Waals surface area contributed by atoms with Crippen molar-refractivity contribution in [1.82, 2.24) is 4.98 Å². The van der Waals surface area contributed by atoms with Crippen molar-refractivity contribution in [3.63, 3.8) is 0 Å². The predicted octanol–water partition coefficient (Wildman–Crippen LogP) is 2.86. The average molecular weight is 288 g/mol. The Balaban J connectivity index is 3.14. The number of hydrogen-bond donors (Lipinski definition) is 1. The van der Waals surface area contributed by atoms with Crippen molar-refractivity contribution in [2.45, 2.75) is 6.18 Å². The van der Waals surface area contributed by atoms with Crippen LogP contribution < -0.4 is 3.53 Å². The van der Waals surface area contributed by atoms with Crippen LogP contribution in [0.4, 0.5) is 19.0 Å². The van der Waals surface area contributed by atoms with Crippen molar-refractivity contribution in [2.24, 2.45) is 0 Å². The van der Waals surface area contributed by atoms with Crippen molar-refractivity contribution >= 4 is 28.7 Å². The zero-order valence-corrected chi connectivity index (χ0v) is 7.85. The van der Waals surface area contributed by atoms with Crippen LogP contribution in [0.5, 0.6) is 0 Å². The lowest BCUT2D eigenvalue weighted by Gasteiger charge is -2.09. The molecule has 0 saturated heterocycles. The van der Waals surface area contributed by atoms with E-state index in [-0.39, 0.29) is 5.82 Å². The minimum atomic E-state index is -4.35. The summed E-state index contributed by atoms with van der Waals surface area (Å²) >= 11 is 1.61. The van der Waals surface area contributed by atoms with Crippen molar-refractivity contribution in [1.29, 1.82) is 0 Å². The molecule has 0 amide bonds. The number of aromatic nitrogens is 1. The van der Waals surface area contributed by atoms with Gasteiger partial charge in [0.05, 0.1) is 28.4 Å². The normalized spacial score (nSPS) is 11.3. The molecular formula is C6H4F3IN2. The fraction of sp³-hybridized carbons (Fsp3) is 0.167. The minimum absolute atomic E-state index is 0.161. The number of nitrogens with one attached hydrogen (secondary N) is 1. The highest BCUT2D eigenvalue weighted by atomic mass is 127. The van der Waals surface area contributed by atoms with E-state index in [1.165, 1.54) is 12.3 Å². The van der Waals surface area contributed by atoms with Crippen LogP contribution >= 0.6 is 22.9 Å². The molecular weight excluding hydrogens is 284 g/mol. The lowest BCUT2D eigenvalue weighted by atomic mass is 10.2. The van der Waals surface area contributed by atoms with E-state index in [2.05, 4.69) is 8.51 Å². The number of alkyl halides is 3. The smallest absolute Gasteiger partial charge is 0.313 e. The summed E-state index contributed by atoms with van der Waals surface area (Å²) in [5.41, 5.74) is -0.751. The summed E-state index contributed by atoms with van der Waals surface area (Å²) in [5, 5.41) is 0. The first-order chi connectivity index (χ1) is 5.55. The van der Waals surface area contributed by atoms with E-state index in [1.807, 2.05) is 0 Å². The first-order valence-corrected chi connectivity index (χ1v) is 4.02. The van der Waals surface area contributed by atoms with Gasteiger partial charge in [0.2, 0.25) is 0 Å². The molecule has 66 valence electrons. The van der Waals surface area contributed by atoms with E-state index in [0.29, 0.717) is 0 Å². The molecule has 0 atom stereocenters. The van der Waals surface area contributed by atoms with E-state index < -0.39 is 11.7 Å². The number of anilines is 1. The molecule has 1 rings (SSSR count). The Hall–Kier alpha value is -0.530. The maximum atomic E-state index is 12.2. The SMILES string of the molecule is FC(F)(F)c1cccnc1NI. The average Bonchev–Trinajstić information content (AvgIpc) is 2.03. The third kappa shape index (κ3) is 1.99. The summed E-state index contributed by atoms with van der Waals surface area (Å²) in [5.74, 6) is -0.161. The first-order valence-electron chi connectivity index (χ1n) is 2.94. The molecule has 0 bridgehead atoms. The molecule has 12 heavy (non-hydrogen) atoms. The Labute approximate surface area is 80.7 Å². The van der Waals surface area contributed by atoms with Crippen molar-refractivity contribution in [3.05, 3.63) is 23.9 Å². The number of nitrogens with zero attached hydrogens (tertiary/aromatic N) is 1. The topological polar surface area (TPSA) is 24.9 Å². The monoisotopic (exact) mass is 288 g/mol. The molecule has 0 spiro atoms. The van der Waals surface area contributed by atoms with Crippen molar-refractivity contribution in [2.75, 3.05) is 3.53 Å². The summed E-state index contributed by atoms with van der Waals surface area (Å²) in [6, 6.07) is 2.23. The van der Waals surface area contributed by atoms with Gasteiger partial charge in [0.25, 0.3) is 0 Å². The molecule has 1 aromatic rings. The van der Waals surface area contributed by atoms with Gasteiger partial charge in [-0.05, 0) is 12.1 Å². The van der Waals surface area contributed by atoms with Crippen molar-refractivity contribution < 1.29 is 13.2 Å². The number of hydrogen-bond acceptors (Lipinski definition) is 2. The van der Waals surface area contributed by atoms with E-state index in [4.69, 9.17) is 0 Å². The van der Waals surface area contributed by atoms with Crippen LogP contribution in [0.3, 0.4) is 0 Å². The van der Waals surface area contributed by atoms with Gasteiger partial charge < -0.3 is 3.53 Å². The van der Waals surface area contributed by atoms with Gasteiger partial charge in [-0.1, -0.05) is 0 Å². The van der Waals surface area contributed by atoms with Gasteiger partial charge in [0, 0.05) is 6.20 Å². The summed E-state index contributed by atoms with van der Waals surface area (Å²) in [7, 11) is 0. The second-order valence-corrected chi connectivity index (χ2v) is 2.53. The summed E-state index contributed by atoms with van der Waals surface area (Å²) in [6.45, 7) is 0. The highest BCUT2D eigenvalue weighted by Crippen LogP contribution is 2.33. The molecule has 0 aliphatic heterocycles. The third-order valence-corrected chi connectivity index (χ3v) is 1.71.